The molecule has 0 aliphatic heterocycles. The lowest BCUT2D eigenvalue weighted by molar-refractivity contribution is -0.384. The van der Waals surface area contributed by atoms with Gasteiger partial charge in [-0.15, -0.1) is 0 Å². The summed E-state index contributed by atoms with van der Waals surface area (Å²) in [5.41, 5.74) is 0.0164. The van der Waals surface area contributed by atoms with Gasteiger partial charge >= 0.3 is 0 Å². The standard InChI is InChI=1S/C12H19N3O5S/c1-4-20-8-7-14(3)21(18,19)12-6-5-10(15(16)17)9-11(12)13-2/h5-6,9,13H,4,7-8H2,1-3H3. The fourth-order valence-electron chi connectivity index (χ4n) is 1.68. The number of hydrogen-bond acceptors (Lipinski definition) is 6. The summed E-state index contributed by atoms with van der Waals surface area (Å²) in [6.07, 6.45) is 0. The van der Waals surface area contributed by atoms with Crippen LogP contribution in [0.3, 0.4) is 0 Å². The van der Waals surface area contributed by atoms with Crippen LogP contribution in [-0.2, 0) is 14.8 Å². The van der Waals surface area contributed by atoms with Gasteiger partial charge in [-0.05, 0) is 13.0 Å². The van der Waals surface area contributed by atoms with Crippen molar-refractivity contribution >= 4 is 21.4 Å². The van der Waals surface area contributed by atoms with Gasteiger partial charge in [0.05, 0.1) is 17.2 Å². The number of nitro groups is 1. The van der Waals surface area contributed by atoms with Crippen molar-refractivity contribution in [2.45, 2.75) is 11.8 Å². The summed E-state index contributed by atoms with van der Waals surface area (Å²) in [6, 6.07) is 3.60. The number of benzene rings is 1. The Bertz CT molecular complexity index is 603. The molecule has 0 bridgehead atoms. The number of nitrogens with zero attached hydrogens (tertiary/aromatic N) is 2. The number of anilines is 1. The molecule has 118 valence electrons. The molecule has 0 aromatic heterocycles. The third-order valence-electron chi connectivity index (χ3n) is 2.89. The summed E-state index contributed by atoms with van der Waals surface area (Å²) < 4.78 is 31.2. The quantitative estimate of drug-likeness (QED) is 0.440. The molecule has 0 spiro atoms. The number of nitro benzene ring substituents is 1. The molecule has 0 saturated carbocycles. The van der Waals surface area contributed by atoms with Crippen LogP contribution < -0.4 is 5.32 Å². The van der Waals surface area contributed by atoms with Crippen LogP contribution in [0.5, 0.6) is 0 Å². The average Bonchev–Trinajstić information content (AvgIpc) is 2.46. The first-order chi connectivity index (χ1) is 9.84. The minimum absolute atomic E-state index is 0.00500. The minimum Gasteiger partial charge on any atom is -0.387 e. The summed E-state index contributed by atoms with van der Waals surface area (Å²) in [4.78, 5) is 10.2. The second-order valence-corrected chi connectivity index (χ2v) is 6.22. The van der Waals surface area contributed by atoms with Gasteiger partial charge in [-0.3, -0.25) is 10.1 Å². The molecule has 1 rings (SSSR count). The van der Waals surface area contributed by atoms with Crippen molar-refractivity contribution in [1.82, 2.24) is 4.31 Å². The highest BCUT2D eigenvalue weighted by atomic mass is 32.2. The third kappa shape index (κ3) is 4.13. The number of likely N-dealkylation sites (N-methyl/N-ethyl adjacent to an activating group) is 1. The lowest BCUT2D eigenvalue weighted by Gasteiger charge is -2.19. The monoisotopic (exact) mass is 317 g/mol. The van der Waals surface area contributed by atoms with Crippen molar-refractivity contribution in [3.63, 3.8) is 0 Å². The van der Waals surface area contributed by atoms with E-state index in [-0.39, 0.29) is 29.4 Å². The molecule has 1 N–H and O–H groups in total. The lowest BCUT2D eigenvalue weighted by Crippen LogP contribution is -2.30. The molecule has 0 radical (unpaired) electrons. The fraction of sp³-hybridized carbons (Fsp3) is 0.500. The van der Waals surface area contributed by atoms with E-state index in [9.17, 15) is 18.5 Å². The van der Waals surface area contributed by atoms with Crippen molar-refractivity contribution in [2.75, 3.05) is 39.2 Å². The molecule has 0 atom stereocenters. The van der Waals surface area contributed by atoms with E-state index in [0.29, 0.717) is 6.61 Å². The highest BCUT2D eigenvalue weighted by molar-refractivity contribution is 7.89. The van der Waals surface area contributed by atoms with Crippen LogP contribution in [0.15, 0.2) is 23.1 Å². The Morgan fingerprint density at radius 1 is 1.43 bits per heavy atom. The zero-order chi connectivity index (χ0) is 16.0. The topological polar surface area (TPSA) is 102 Å². The van der Waals surface area contributed by atoms with Gasteiger partial charge in [0.1, 0.15) is 4.90 Å². The Morgan fingerprint density at radius 3 is 2.62 bits per heavy atom. The molecule has 1 aromatic carbocycles. The molecule has 0 aliphatic carbocycles. The van der Waals surface area contributed by atoms with Gasteiger partial charge in [0, 0.05) is 39.4 Å². The second kappa shape index (κ2) is 7.34. The molecule has 0 unspecified atom stereocenters. The van der Waals surface area contributed by atoms with Crippen LogP contribution in [-0.4, -0.2) is 51.5 Å². The Hall–Kier alpha value is -1.71. The van der Waals surface area contributed by atoms with E-state index in [2.05, 4.69) is 5.32 Å². The van der Waals surface area contributed by atoms with Crippen LogP contribution in [0.4, 0.5) is 11.4 Å². The van der Waals surface area contributed by atoms with Gasteiger partial charge in [0.15, 0.2) is 0 Å². The first kappa shape index (κ1) is 17.3. The van der Waals surface area contributed by atoms with E-state index < -0.39 is 14.9 Å². The summed E-state index contributed by atoms with van der Waals surface area (Å²) in [7, 11) is -0.785. The number of rotatable bonds is 8. The molecule has 1 aromatic rings. The van der Waals surface area contributed by atoms with Crippen LogP contribution in [0.25, 0.3) is 0 Å². The third-order valence-corrected chi connectivity index (χ3v) is 4.80. The van der Waals surface area contributed by atoms with E-state index in [1.807, 2.05) is 6.92 Å². The maximum Gasteiger partial charge on any atom is 0.271 e. The Kier molecular flexibility index (Phi) is 6.06. The molecule has 9 heteroatoms. The largest absolute Gasteiger partial charge is 0.387 e. The van der Waals surface area contributed by atoms with Gasteiger partial charge in [-0.1, -0.05) is 0 Å². The summed E-state index contributed by atoms with van der Waals surface area (Å²) in [6.45, 7) is 2.82. The maximum absolute atomic E-state index is 12.4. The van der Waals surface area contributed by atoms with Crippen molar-refractivity contribution in [2.24, 2.45) is 0 Å². The summed E-state index contributed by atoms with van der Waals surface area (Å²) >= 11 is 0. The average molecular weight is 317 g/mol. The molecular formula is C12H19N3O5S. The number of non-ortho nitro benzene ring substituents is 1. The first-order valence-electron chi connectivity index (χ1n) is 6.34. The van der Waals surface area contributed by atoms with Crippen LogP contribution >= 0.6 is 0 Å². The summed E-state index contributed by atoms with van der Waals surface area (Å²) in [5, 5.41) is 13.4. The normalized spacial score (nSPS) is 11.6. The first-order valence-corrected chi connectivity index (χ1v) is 7.78. The van der Waals surface area contributed by atoms with Gasteiger partial charge in [-0.2, -0.15) is 4.31 Å². The zero-order valence-corrected chi connectivity index (χ0v) is 13.0. The number of nitrogens with one attached hydrogen (secondary N) is 1. The molecule has 0 saturated heterocycles. The van der Waals surface area contributed by atoms with Crippen molar-refractivity contribution in [3.8, 4) is 0 Å². The number of hydrogen-bond donors (Lipinski definition) is 1. The molecule has 0 amide bonds. The van der Waals surface area contributed by atoms with E-state index in [0.717, 1.165) is 4.31 Å². The highest BCUT2D eigenvalue weighted by Gasteiger charge is 2.25. The van der Waals surface area contributed by atoms with Gasteiger partial charge in [0.2, 0.25) is 10.0 Å². The number of sulfonamides is 1. The van der Waals surface area contributed by atoms with Crippen molar-refractivity contribution in [1.29, 1.82) is 0 Å². The molecule has 0 aliphatic rings. The second-order valence-electron chi connectivity index (χ2n) is 4.21. The molecule has 8 nitrogen and oxygen atoms in total. The fourth-order valence-corrected chi connectivity index (χ4v) is 3.01. The highest BCUT2D eigenvalue weighted by Crippen LogP contribution is 2.27. The minimum atomic E-state index is -3.74. The van der Waals surface area contributed by atoms with E-state index in [4.69, 9.17) is 4.74 Å². The Balaban J connectivity index is 3.10. The van der Waals surface area contributed by atoms with Gasteiger partial charge in [-0.25, -0.2) is 8.42 Å². The smallest absolute Gasteiger partial charge is 0.271 e. The van der Waals surface area contributed by atoms with Crippen LogP contribution in [0.2, 0.25) is 0 Å². The lowest BCUT2D eigenvalue weighted by atomic mass is 10.3. The SMILES string of the molecule is CCOCCN(C)S(=O)(=O)c1ccc([N+](=O)[O-])cc1NC. The molecule has 0 fully saturated rings. The zero-order valence-electron chi connectivity index (χ0n) is 12.2. The van der Waals surface area contributed by atoms with Crippen LogP contribution in [0.1, 0.15) is 6.92 Å². The van der Waals surface area contributed by atoms with E-state index in [1.165, 1.54) is 32.3 Å². The van der Waals surface area contributed by atoms with E-state index in [1.54, 1.807) is 0 Å². The molecule has 21 heavy (non-hydrogen) atoms. The van der Waals surface area contributed by atoms with Gasteiger partial charge in [0.25, 0.3) is 5.69 Å². The Labute approximate surface area is 123 Å². The van der Waals surface area contributed by atoms with Gasteiger partial charge < -0.3 is 10.1 Å². The Morgan fingerprint density at radius 2 is 2.10 bits per heavy atom. The van der Waals surface area contributed by atoms with Crippen molar-refractivity contribution < 1.29 is 18.1 Å². The predicted octanol–water partition coefficient (Wildman–Crippen LogP) is 1.29. The maximum atomic E-state index is 12.4. The molecular weight excluding hydrogens is 298 g/mol. The number of ether oxygens (including phenoxy) is 1. The summed E-state index contributed by atoms with van der Waals surface area (Å²) in [5.74, 6) is 0. The van der Waals surface area contributed by atoms with Crippen LogP contribution in [0, 0.1) is 10.1 Å². The van der Waals surface area contributed by atoms with E-state index >= 15 is 0 Å². The predicted molar refractivity (Wildman–Crippen MR) is 79.0 cm³/mol. The molecule has 0 heterocycles. The van der Waals surface area contributed by atoms with Crippen molar-refractivity contribution in [3.05, 3.63) is 28.3 Å².